The third-order valence-corrected chi connectivity index (χ3v) is 2.99. The molecule has 16 heavy (non-hydrogen) atoms. The maximum absolute atomic E-state index is 11.6. The molecule has 0 saturated carbocycles. The molecule has 1 atom stereocenters. The summed E-state index contributed by atoms with van der Waals surface area (Å²) in [6.07, 6.45) is 3.10. The summed E-state index contributed by atoms with van der Waals surface area (Å²) in [6, 6.07) is 3.16. The van der Waals surface area contributed by atoms with E-state index in [1.165, 1.54) is 16.9 Å². The number of pyridine rings is 1. The van der Waals surface area contributed by atoms with Crippen molar-refractivity contribution in [2.75, 3.05) is 6.26 Å². The molecule has 2 heterocycles. The lowest BCUT2D eigenvalue weighted by Gasteiger charge is -2.07. The number of aromatic nitrogens is 3. The molecule has 2 rings (SSSR count). The van der Waals surface area contributed by atoms with E-state index in [1.807, 2.05) is 6.92 Å². The Bertz CT molecular complexity index is 580. The molecular formula is C10H11N3O2S. The second kappa shape index (κ2) is 4.23. The molecule has 0 amide bonds. The number of nitrogens with zero attached hydrogens (tertiary/aromatic N) is 3. The van der Waals surface area contributed by atoms with Crippen LogP contribution in [0.5, 0.6) is 0 Å². The summed E-state index contributed by atoms with van der Waals surface area (Å²) in [7, 11) is 0. The van der Waals surface area contributed by atoms with Crippen LogP contribution < -0.4 is 5.56 Å². The third-order valence-electron chi connectivity index (χ3n) is 2.27. The van der Waals surface area contributed by atoms with Crippen molar-refractivity contribution in [3.8, 4) is 0 Å². The smallest absolute Gasteiger partial charge is 0.344 e. The monoisotopic (exact) mass is 237 g/mol. The Morgan fingerprint density at radius 2 is 2.25 bits per heavy atom. The minimum atomic E-state index is -1.24. The van der Waals surface area contributed by atoms with Crippen molar-refractivity contribution in [2.45, 2.75) is 18.6 Å². The van der Waals surface area contributed by atoms with Crippen molar-refractivity contribution >= 4 is 22.2 Å². The second-order valence-corrected chi connectivity index (χ2v) is 4.57. The molecule has 0 bridgehead atoms. The van der Waals surface area contributed by atoms with Crippen LogP contribution in [0.1, 0.15) is 6.92 Å². The van der Waals surface area contributed by atoms with Gasteiger partial charge in [-0.3, -0.25) is 9.36 Å². The lowest BCUT2D eigenvalue weighted by atomic mass is 10.3. The highest BCUT2D eigenvalue weighted by Gasteiger charge is 2.11. The van der Waals surface area contributed by atoms with Crippen LogP contribution in [0, 0.1) is 0 Å². The molecule has 0 spiro atoms. The first-order valence-corrected chi connectivity index (χ1v) is 6.39. The molecule has 0 aliphatic heterocycles. The van der Waals surface area contributed by atoms with Crippen LogP contribution in [0.3, 0.4) is 0 Å². The molecule has 5 nitrogen and oxygen atoms in total. The minimum absolute atomic E-state index is 0.110. The standard InChI is InChI=1S/C10H11N3O2S/c1-3-13-8(14)5-4-7-6-11-10(16(2)15)12-9(7)13/h4-6H,3H2,1-2H3. The Balaban J connectivity index is 2.78. The van der Waals surface area contributed by atoms with Crippen molar-refractivity contribution < 1.29 is 4.55 Å². The Morgan fingerprint density at radius 3 is 2.88 bits per heavy atom. The van der Waals surface area contributed by atoms with Crippen molar-refractivity contribution in [3.63, 3.8) is 0 Å². The number of aryl methyl sites for hydroxylation is 1. The molecule has 2 aromatic rings. The summed E-state index contributed by atoms with van der Waals surface area (Å²) in [5.74, 6) is 0. The maximum atomic E-state index is 11.6. The highest BCUT2D eigenvalue weighted by atomic mass is 32.2. The third kappa shape index (κ3) is 1.81. The minimum Gasteiger partial charge on any atom is -0.609 e. The second-order valence-electron chi connectivity index (χ2n) is 3.30. The maximum Gasteiger partial charge on any atom is 0.344 e. The van der Waals surface area contributed by atoms with Gasteiger partial charge in [0, 0.05) is 35.4 Å². The van der Waals surface area contributed by atoms with Crippen LogP contribution in [0.2, 0.25) is 0 Å². The van der Waals surface area contributed by atoms with E-state index in [-0.39, 0.29) is 10.7 Å². The zero-order chi connectivity index (χ0) is 11.7. The van der Waals surface area contributed by atoms with Gasteiger partial charge < -0.3 is 4.55 Å². The number of rotatable bonds is 2. The van der Waals surface area contributed by atoms with Gasteiger partial charge in [-0.25, -0.2) is 0 Å². The predicted octanol–water partition coefficient (Wildman–Crippen LogP) is 0.549. The van der Waals surface area contributed by atoms with Crippen LogP contribution in [-0.4, -0.2) is 25.3 Å². The van der Waals surface area contributed by atoms with Gasteiger partial charge in [-0.2, -0.15) is 9.97 Å². The largest absolute Gasteiger partial charge is 0.609 e. The normalized spacial score (nSPS) is 12.9. The topological polar surface area (TPSA) is 70.8 Å². The van der Waals surface area contributed by atoms with E-state index in [2.05, 4.69) is 9.97 Å². The lowest BCUT2D eigenvalue weighted by molar-refractivity contribution is 0.592. The van der Waals surface area contributed by atoms with Crippen LogP contribution in [0.25, 0.3) is 11.0 Å². The van der Waals surface area contributed by atoms with Gasteiger partial charge in [-0.15, -0.1) is 0 Å². The van der Waals surface area contributed by atoms with E-state index in [0.29, 0.717) is 12.2 Å². The van der Waals surface area contributed by atoms with Gasteiger partial charge in [0.05, 0.1) is 0 Å². The zero-order valence-electron chi connectivity index (χ0n) is 9.01. The van der Waals surface area contributed by atoms with E-state index in [0.717, 1.165) is 5.39 Å². The fourth-order valence-corrected chi connectivity index (χ4v) is 1.92. The van der Waals surface area contributed by atoms with Crippen LogP contribution in [0.4, 0.5) is 0 Å². The van der Waals surface area contributed by atoms with E-state index in [1.54, 1.807) is 12.3 Å². The summed E-state index contributed by atoms with van der Waals surface area (Å²) in [5.41, 5.74) is 0.428. The van der Waals surface area contributed by atoms with Crippen molar-refractivity contribution in [1.82, 2.24) is 14.5 Å². The molecule has 0 radical (unpaired) electrons. The van der Waals surface area contributed by atoms with Gasteiger partial charge in [-0.05, 0) is 13.0 Å². The number of hydrogen-bond acceptors (Lipinski definition) is 4. The Kier molecular flexibility index (Phi) is 2.93. The first-order valence-electron chi connectivity index (χ1n) is 4.83. The average Bonchev–Trinajstić information content (AvgIpc) is 2.28. The molecule has 0 fully saturated rings. The Morgan fingerprint density at radius 1 is 1.50 bits per heavy atom. The summed E-state index contributed by atoms with van der Waals surface area (Å²) >= 11 is -1.24. The van der Waals surface area contributed by atoms with Gasteiger partial charge in [0.2, 0.25) is 0 Å². The van der Waals surface area contributed by atoms with E-state index in [9.17, 15) is 9.35 Å². The van der Waals surface area contributed by atoms with Gasteiger partial charge >= 0.3 is 5.16 Å². The molecule has 84 valence electrons. The average molecular weight is 237 g/mol. The highest BCUT2D eigenvalue weighted by molar-refractivity contribution is 7.90. The molecule has 0 aliphatic carbocycles. The zero-order valence-corrected chi connectivity index (χ0v) is 9.82. The number of hydrogen-bond donors (Lipinski definition) is 0. The first kappa shape index (κ1) is 11.1. The fourth-order valence-electron chi connectivity index (χ4n) is 1.50. The van der Waals surface area contributed by atoms with Crippen molar-refractivity contribution in [3.05, 3.63) is 28.7 Å². The van der Waals surface area contributed by atoms with E-state index >= 15 is 0 Å². The fraction of sp³-hybridized carbons (Fsp3) is 0.300. The quantitative estimate of drug-likeness (QED) is 0.565. The summed E-state index contributed by atoms with van der Waals surface area (Å²) < 4.78 is 12.8. The van der Waals surface area contributed by atoms with E-state index < -0.39 is 11.2 Å². The van der Waals surface area contributed by atoms with Crippen LogP contribution >= 0.6 is 0 Å². The van der Waals surface area contributed by atoms with Gasteiger partial charge in [0.25, 0.3) is 5.56 Å². The molecular weight excluding hydrogens is 226 g/mol. The predicted molar refractivity (Wildman–Crippen MR) is 61.8 cm³/mol. The Hall–Kier alpha value is -1.40. The summed E-state index contributed by atoms with van der Waals surface area (Å²) in [6.45, 7) is 2.40. The molecule has 1 unspecified atom stereocenters. The van der Waals surface area contributed by atoms with Crippen molar-refractivity contribution in [2.24, 2.45) is 0 Å². The first-order chi connectivity index (χ1) is 7.63. The van der Waals surface area contributed by atoms with Gasteiger partial charge in [-0.1, -0.05) is 0 Å². The van der Waals surface area contributed by atoms with E-state index in [4.69, 9.17) is 0 Å². The lowest BCUT2D eigenvalue weighted by Crippen LogP contribution is -2.20. The molecule has 2 aromatic heterocycles. The van der Waals surface area contributed by atoms with Crippen LogP contribution in [0.15, 0.2) is 28.3 Å². The molecule has 6 heteroatoms. The molecule has 0 aromatic carbocycles. The molecule has 0 saturated heterocycles. The van der Waals surface area contributed by atoms with Crippen LogP contribution in [-0.2, 0) is 17.7 Å². The summed E-state index contributed by atoms with van der Waals surface area (Å²) in [4.78, 5) is 19.7. The molecule has 0 N–H and O–H groups in total. The summed E-state index contributed by atoms with van der Waals surface area (Å²) in [5, 5.41) is 1.02. The SMILES string of the molecule is CCn1c(=O)ccc2cnc([S+](C)[O-])nc21. The van der Waals surface area contributed by atoms with Gasteiger partial charge in [0.15, 0.2) is 5.65 Å². The van der Waals surface area contributed by atoms with Gasteiger partial charge in [0.1, 0.15) is 6.26 Å². The Labute approximate surface area is 95.3 Å². The molecule has 0 aliphatic rings. The van der Waals surface area contributed by atoms with Crippen molar-refractivity contribution in [1.29, 1.82) is 0 Å². The number of fused-ring (bicyclic) bond motifs is 1. The highest BCUT2D eigenvalue weighted by Crippen LogP contribution is 2.10.